The molecule has 0 unspecified atom stereocenters. The Morgan fingerprint density at radius 2 is 2.04 bits per heavy atom. The Bertz CT molecular complexity index is 605. The molecular weight excluding hydrogens is 334 g/mol. The van der Waals surface area contributed by atoms with Crippen LogP contribution in [0.15, 0.2) is 18.2 Å². The summed E-state index contributed by atoms with van der Waals surface area (Å²) in [6.07, 6.45) is 5.32. The number of carbonyl (C=O) groups is 1. The van der Waals surface area contributed by atoms with E-state index in [1.54, 1.807) is 6.07 Å². The molecule has 1 aliphatic carbocycles. The predicted molar refractivity (Wildman–Crippen MR) is 93.4 cm³/mol. The molecule has 7 heteroatoms. The van der Waals surface area contributed by atoms with Gasteiger partial charge in [-0.2, -0.15) is 0 Å². The summed E-state index contributed by atoms with van der Waals surface area (Å²) < 4.78 is 5.63. The highest BCUT2D eigenvalue weighted by molar-refractivity contribution is 7.80. The summed E-state index contributed by atoms with van der Waals surface area (Å²) in [6.45, 7) is 0.352. The summed E-state index contributed by atoms with van der Waals surface area (Å²) in [5, 5.41) is 4.33. The van der Waals surface area contributed by atoms with E-state index in [0.29, 0.717) is 29.2 Å². The average Bonchev–Trinajstić information content (AvgIpc) is 3.04. The molecule has 1 fully saturated rings. The lowest BCUT2D eigenvalue weighted by molar-refractivity contribution is -0.126. The van der Waals surface area contributed by atoms with Gasteiger partial charge in [-0.1, -0.05) is 24.4 Å². The van der Waals surface area contributed by atoms with Crippen molar-refractivity contribution in [3.8, 4) is 5.75 Å². The van der Waals surface area contributed by atoms with Gasteiger partial charge in [-0.25, -0.2) is 0 Å². The summed E-state index contributed by atoms with van der Waals surface area (Å²) in [4.78, 5) is 12.3. The molecule has 1 aromatic rings. The van der Waals surface area contributed by atoms with Crippen LogP contribution in [0.2, 0.25) is 5.02 Å². The van der Waals surface area contributed by atoms with Crippen molar-refractivity contribution >= 4 is 34.8 Å². The van der Waals surface area contributed by atoms with Crippen molar-refractivity contribution in [1.82, 2.24) is 16.2 Å². The number of hydrogen-bond acceptors (Lipinski definition) is 3. The number of hydrazine groups is 1. The number of hydrogen-bond donors (Lipinski definition) is 3. The van der Waals surface area contributed by atoms with Crippen molar-refractivity contribution in [2.45, 2.75) is 38.1 Å². The molecule has 1 aromatic carbocycles. The van der Waals surface area contributed by atoms with Gasteiger partial charge >= 0.3 is 0 Å². The molecule has 0 spiro atoms. The molecule has 2 aliphatic rings. The third-order valence-corrected chi connectivity index (χ3v) is 4.74. The monoisotopic (exact) mass is 353 g/mol. The van der Waals surface area contributed by atoms with E-state index in [0.717, 1.165) is 24.2 Å². The van der Waals surface area contributed by atoms with E-state index in [1.165, 1.54) is 12.8 Å². The van der Waals surface area contributed by atoms with Crippen molar-refractivity contribution in [2.75, 3.05) is 6.61 Å². The Morgan fingerprint density at radius 3 is 2.83 bits per heavy atom. The van der Waals surface area contributed by atoms with Gasteiger partial charge in [0.1, 0.15) is 12.4 Å². The van der Waals surface area contributed by atoms with Gasteiger partial charge in [0.2, 0.25) is 5.91 Å². The number of nitrogens with one attached hydrogen (secondary N) is 3. The molecule has 3 N–H and O–H groups in total. The van der Waals surface area contributed by atoms with Crippen LogP contribution in [0, 0.1) is 5.92 Å². The van der Waals surface area contributed by atoms with Crippen LogP contribution in [-0.4, -0.2) is 23.7 Å². The van der Waals surface area contributed by atoms with E-state index in [-0.39, 0.29) is 11.8 Å². The first-order chi connectivity index (χ1) is 11.1. The van der Waals surface area contributed by atoms with Crippen LogP contribution in [0.4, 0.5) is 0 Å². The normalized spacial score (nSPS) is 20.3. The Morgan fingerprint density at radius 1 is 1.26 bits per heavy atom. The van der Waals surface area contributed by atoms with Gasteiger partial charge in [0, 0.05) is 11.1 Å². The summed E-state index contributed by atoms with van der Waals surface area (Å²) >= 11 is 11.2. The van der Waals surface area contributed by atoms with Gasteiger partial charge in [0.15, 0.2) is 5.11 Å². The van der Waals surface area contributed by atoms with Gasteiger partial charge in [-0.3, -0.25) is 15.6 Å². The number of fused-ring (bicyclic) bond motifs is 1. The van der Waals surface area contributed by atoms with Gasteiger partial charge in [0.05, 0.1) is 5.92 Å². The van der Waals surface area contributed by atoms with Crippen molar-refractivity contribution in [1.29, 1.82) is 0 Å². The highest BCUT2D eigenvalue weighted by Gasteiger charge is 2.26. The second-order valence-electron chi connectivity index (χ2n) is 6.03. The quantitative estimate of drug-likeness (QED) is 0.562. The maximum atomic E-state index is 12.3. The number of amides is 1. The molecule has 0 radical (unpaired) electrons. The highest BCUT2D eigenvalue weighted by Crippen LogP contribution is 2.29. The smallest absolute Gasteiger partial charge is 0.245 e. The van der Waals surface area contributed by atoms with E-state index in [4.69, 9.17) is 28.6 Å². The van der Waals surface area contributed by atoms with E-state index in [9.17, 15) is 4.79 Å². The predicted octanol–water partition coefficient (Wildman–Crippen LogP) is 2.33. The molecule has 23 heavy (non-hydrogen) atoms. The van der Waals surface area contributed by atoms with Crippen LogP contribution in [0.5, 0.6) is 5.75 Å². The van der Waals surface area contributed by atoms with Crippen molar-refractivity contribution in [2.24, 2.45) is 5.92 Å². The van der Waals surface area contributed by atoms with E-state index < -0.39 is 0 Å². The molecule has 0 saturated heterocycles. The zero-order chi connectivity index (χ0) is 16.2. The third-order valence-electron chi connectivity index (χ3n) is 4.29. The molecule has 3 rings (SSSR count). The Labute approximate surface area is 146 Å². The number of rotatable bonds is 2. The van der Waals surface area contributed by atoms with Crippen molar-refractivity contribution in [3.63, 3.8) is 0 Å². The van der Waals surface area contributed by atoms with Crippen molar-refractivity contribution < 1.29 is 9.53 Å². The highest BCUT2D eigenvalue weighted by atomic mass is 35.5. The number of thiocarbonyl (C=S) groups is 1. The van der Waals surface area contributed by atoms with E-state index in [1.807, 2.05) is 12.1 Å². The Hall–Kier alpha value is -1.53. The number of halogens is 1. The molecule has 0 bridgehead atoms. The van der Waals surface area contributed by atoms with Crippen LogP contribution in [0.1, 0.15) is 31.2 Å². The fourth-order valence-electron chi connectivity index (χ4n) is 3.04. The summed E-state index contributed by atoms with van der Waals surface area (Å²) in [5.74, 6) is 0.402. The summed E-state index contributed by atoms with van der Waals surface area (Å²) in [7, 11) is 0. The Balaban J connectivity index is 1.48. The fraction of sp³-hybridized carbons (Fsp3) is 0.500. The molecule has 1 heterocycles. The number of benzene rings is 1. The first kappa shape index (κ1) is 16.3. The lowest BCUT2D eigenvalue weighted by atomic mass is 9.96. The first-order valence-corrected chi connectivity index (χ1v) is 8.68. The molecule has 1 atom stereocenters. The maximum Gasteiger partial charge on any atom is 0.245 e. The lowest BCUT2D eigenvalue weighted by Gasteiger charge is -2.25. The minimum absolute atomic E-state index is 0.133. The minimum atomic E-state index is -0.261. The average molecular weight is 354 g/mol. The van der Waals surface area contributed by atoms with Crippen LogP contribution in [0.3, 0.4) is 0 Å². The molecule has 5 nitrogen and oxygen atoms in total. The zero-order valence-corrected chi connectivity index (χ0v) is 14.3. The van der Waals surface area contributed by atoms with Crippen LogP contribution < -0.4 is 20.9 Å². The molecule has 0 aromatic heterocycles. The first-order valence-electron chi connectivity index (χ1n) is 7.89. The molecule has 1 amide bonds. The van der Waals surface area contributed by atoms with Gasteiger partial charge in [-0.05, 0) is 55.2 Å². The standard InChI is InChI=1S/C16H20ClN3O2S/c17-12-5-6-14-10(8-12)7-11(9-22-14)15(21)19-20-16(23)18-13-3-1-2-4-13/h5-6,8,11,13H,1-4,7,9H2,(H,19,21)(H2,18,20,23)/t11-/m1/s1. The largest absolute Gasteiger partial charge is 0.492 e. The molecule has 1 saturated carbocycles. The zero-order valence-electron chi connectivity index (χ0n) is 12.7. The van der Waals surface area contributed by atoms with Gasteiger partial charge in [-0.15, -0.1) is 0 Å². The second-order valence-corrected chi connectivity index (χ2v) is 6.88. The second kappa shape index (κ2) is 7.36. The molecular formula is C16H20ClN3O2S. The topological polar surface area (TPSA) is 62.4 Å². The fourth-order valence-corrected chi connectivity index (χ4v) is 3.46. The van der Waals surface area contributed by atoms with Gasteiger partial charge < -0.3 is 10.1 Å². The molecule has 1 aliphatic heterocycles. The Kier molecular flexibility index (Phi) is 5.23. The van der Waals surface area contributed by atoms with Crippen LogP contribution in [-0.2, 0) is 11.2 Å². The van der Waals surface area contributed by atoms with Crippen LogP contribution >= 0.6 is 23.8 Å². The van der Waals surface area contributed by atoms with Crippen LogP contribution in [0.25, 0.3) is 0 Å². The summed E-state index contributed by atoms with van der Waals surface area (Å²) in [5.41, 5.74) is 6.40. The maximum absolute atomic E-state index is 12.3. The third kappa shape index (κ3) is 4.26. The van der Waals surface area contributed by atoms with E-state index in [2.05, 4.69) is 16.2 Å². The van der Waals surface area contributed by atoms with Gasteiger partial charge in [0.25, 0.3) is 0 Å². The van der Waals surface area contributed by atoms with E-state index >= 15 is 0 Å². The number of ether oxygens (including phenoxy) is 1. The summed E-state index contributed by atoms with van der Waals surface area (Å²) in [6, 6.07) is 5.88. The number of carbonyl (C=O) groups excluding carboxylic acids is 1. The lowest BCUT2D eigenvalue weighted by Crippen LogP contribution is -2.51. The SMILES string of the molecule is O=C(NNC(=S)NC1CCCC1)[C@H]1COc2ccc(Cl)cc2C1. The van der Waals surface area contributed by atoms with Crippen molar-refractivity contribution in [3.05, 3.63) is 28.8 Å². The molecule has 124 valence electrons. The minimum Gasteiger partial charge on any atom is -0.492 e.